The third-order valence-corrected chi connectivity index (χ3v) is 4.28. The lowest BCUT2D eigenvalue weighted by atomic mass is 10.0. The summed E-state index contributed by atoms with van der Waals surface area (Å²) >= 11 is 34.9. The van der Waals surface area contributed by atoms with Crippen LogP contribution in [0.5, 0.6) is 0 Å². The zero-order valence-electron chi connectivity index (χ0n) is 10.6. The third-order valence-electron chi connectivity index (χ3n) is 2.97. The van der Waals surface area contributed by atoms with Crippen molar-refractivity contribution in [1.29, 1.82) is 0 Å². The molecule has 0 spiro atoms. The molecule has 0 heterocycles. The van der Waals surface area contributed by atoms with Crippen molar-refractivity contribution in [2.24, 2.45) is 0 Å². The van der Waals surface area contributed by atoms with Gasteiger partial charge in [0.2, 0.25) is 7.59 Å². The first-order chi connectivity index (χ1) is 9.66. The molecule has 0 unspecified atom stereocenters. The molecule has 21 heavy (non-hydrogen) atoms. The van der Waals surface area contributed by atoms with Crippen molar-refractivity contribution in [1.82, 2.24) is 0 Å². The Kier molecular flexibility index (Phi) is 5.63. The molecule has 0 amide bonds. The van der Waals surface area contributed by atoms with E-state index in [0.29, 0.717) is 11.1 Å². The highest BCUT2D eigenvalue weighted by atomic mass is 35.6. The van der Waals surface area contributed by atoms with Gasteiger partial charge in [-0.05, 0) is 17.5 Å². The van der Waals surface area contributed by atoms with Gasteiger partial charge in [-0.25, -0.2) is 0 Å². The Bertz CT molecular complexity index is 535. The van der Waals surface area contributed by atoms with E-state index in [0.717, 1.165) is 17.5 Å². The van der Waals surface area contributed by atoms with Crippen LogP contribution in [0.15, 0.2) is 48.5 Å². The minimum absolute atomic E-state index is 0.641. The van der Waals surface area contributed by atoms with E-state index in [1.54, 1.807) is 24.3 Å². The first kappa shape index (κ1) is 17.5. The Morgan fingerprint density at radius 3 is 1.05 bits per heavy atom. The van der Waals surface area contributed by atoms with E-state index in [1.807, 2.05) is 24.3 Å². The van der Waals surface area contributed by atoms with Crippen LogP contribution in [0.1, 0.15) is 22.3 Å². The van der Waals surface area contributed by atoms with Crippen molar-refractivity contribution in [2.45, 2.75) is 14.0 Å². The van der Waals surface area contributed by atoms with Crippen LogP contribution in [-0.4, -0.2) is 0 Å². The lowest BCUT2D eigenvalue weighted by Gasteiger charge is -2.13. The fourth-order valence-corrected chi connectivity index (χ4v) is 2.61. The summed E-state index contributed by atoms with van der Waals surface area (Å²) in [5.74, 6) is 0. The topological polar surface area (TPSA) is 0 Å². The summed E-state index contributed by atoms with van der Waals surface area (Å²) in [6.45, 7) is 0. The summed E-state index contributed by atoms with van der Waals surface area (Å²) in [7, 11) is 0. The van der Waals surface area contributed by atoms with Gasteiger partial charge in [-0.15, -0.1) is 0 Å². The summed E-state index contributed by atoms with van der Waals surface area (Å²) in [5, 5.41) is 0. The summed E-state index contributed by atoms with van der Waals surface area (Å²) < 4.78 is -2.80. The zero-order valence-corrected chi connectivity index (χ0v) is 15.1. The lowest BCUT2D eigenvalue weighted by molar-refractivity contribution is 1.15. The monoisotopic (exact) mass is 400 g/mol. The molecule has 0 fully saturated rings. The maximum Gasteiger partial charge on any atom is 0.216 e. The van der Waals surface area contributed by atoms with Gasteiger partial charge in [-0.3, -0.25) is 0 Å². The van der Waals surface area contributed by atoms with E-state index in [4.69, 9.17) is 69.6 Å². The Labute approximate surface area is 153 Å². The van der Waals surface area contributed by atoms with Gasteiger partial charge in [-0.2, -0.15) is 0 Å². The van der Waals surface area contributed by atoms with Crippen LogP contribution in [0.25, 0.3) is 0 Å². The van der Waals surface area contributed by atoms with Crippen LogP contribution in [0.2, 0.25) is 0 Å². The van der Waals surface area contributed by atoms with Gasteiger partial charge < -0.3 is 0 Å². The van der Waals surface area contributed by atoms with E-state index in [9.17, 15) is 0 Å². The van der Waals surface area contributed by atoms with Crippen LogP contribution in [0.3, 0.4) is 0 Å². The molecule has 0 aromatic heterocycles. The molecule has 112 valence electrons. The van der Waals surface area contributed by atoms with Crippen LogP contribution in [0.4, 0.5) is 0 Å². The zero-order chi connectivity index (χ0) is 15.7. The van der Waals surface area contributed by atoms with E-state index in [-0.39, 0.29) is 0 Å². The fourth-order valence-electron chi connectivity index (χ4n) is 1.86. The largest absolute Gasteiger partial charge is 0.216 e. The number of benzene rings is 2. The summed E-state index contributed by atoms with van der Waals surface area (Å²) in [6, 6.07) is 14.9. The Balaban J connectivity index is 2.12. The highest BCUT2D eigenvalue weighted by Crippen LogP contribution is 2.39. The van der Waals surface area contributed by atoms with Crippen molar-refractivity contribution in [2.75, 3.05) is 0 Å². The first-order valence-electron chi connectivity index (χ1n) is 5.98. The molecule has 0 saturated carbocycles. The molecule has 0 aliphatic heterocycles. The van der Waals surface area contributed by atoms with Gasteiger partial charge in [0, 0.05) is 11.1 Å². The molecule has 2 aromatic carbocycles. The normalized spacial score (nSPS) is 12.5. The molecule has 0 N–H and O–H groups in total. The molecule has 0 atom stereocenters. The predicted molar refractivity (Wildman–Crippen MR) is 94.2 cm³/mol. The third kappa shape index (κ3) is 5.10. The Morgan fingerprint density at radius 2 is 0.810 bits per heavy atom. The minimum Gasteiger partial charge on any atom is -0.0784 e. The molecule has 0 aliphatic carbocycles. The van der Waals surface area contributed by atoms with Crippen molar-refractivity contribution in [3.63, 3.8) is 0 Å². The van der Waals surface area contributed by atoms with E-state index in [1.165, 1.54) is 0 Å². The van der Waals surface area contributed by atoms with Gasteiger partial charge in [0.1, 0.15) is 0 Å². The molecule has 0 saturated heterocycles. The second-order valence-corrected chi connectivity index (χ2v) is 9.13. The Hall–Kier alpha value is 0.180. The van der Waals surface area contributed by atoms with E-state index >= 15 is 0 Å². The van der Waals surface area contributed by atoms with Crippen LogP contribution in [0, 0.1) is 0 Å². The molecular weight excluding hydrogens is 393 g/mol. The van der Waals surface area contributed by atoms with Crippen LogP contribution >= 0.6 is 69.6 Å². The van der Waals surface area contributed by atoms with Gasteiger partial charge in [0.25, 0.3) is 0 Å². The molecule has 2 rings (SSSR count). The van der Waals surface area contributed by atoms with Gasteiger partial charge >= 0.3 is 0 Å². The van der Waals surface area contributed by atoms with Gasteiger partial charge in [-0.1, -0.05) is 118 Å². The molecule has 6 heteroatoms. The average Bonchev–Trinajstić information content (AvgIpc) is 2.38. The number of halogens is 6. The molecule has 0 radical (unpaired) electrons. The van der Waals surface area contributed by atoms with E-state index < -0.39 is 7.59 Å². The number of rotatable bonds is 2. The Morgan fingerprint density at radius 1 is 0.524 bits per heavy atom. The van der Waals surface area contributed by atoms with Crippen LogP contribution < -0.4 is 0 Å². The van der Waals surface area contributed by atoms with E-state index in [2.05, 4.69) is 0 Å². The van der Waals surface area contributed by atoms with Gasteiger partial charge in [0.15, 0.2) is 0 Å². The fraction of sp³-hybridized carbons (Fsp3) is 0.200. The highest BCUT2D eigenvalue weighted by Gasteiger charge is 2.23. The number of alkyl halides is 6. The summed E-state index contributed by atoms with van der Waals surface area (Å²) in [5.41, 5.74) is 3.50. The lowest BCUT2D eigenvalue weighted by Crippen LogP contribution is -2.01. The van der Waals surface area contributed by atoms with Crippen molar-refractivity contribution in [3.8, 4) is 0 Å². The SMILES string of the molecule is ClC(Cl)(Cl)c1ccc(Cc2ccc(C(Cl)(Cl)Cl)cc2)cc1. The second-order valence-electron chi connectivity index (χ2n) is 4.57. The second kappa shape index (κ2) is 6.74. The van der Waals surface area contributed by atoms with Crippen molar-refractivity contribution in [3.05, 3.63) is 70.8 Å². The van der Waals surface area contributed by atoms with Crippen molar-refractivity contribution < 1.29 is 0 Å². The van der Waals surface area contributed by atoms with Gasteiger partial charge in [0.05, 0.1) is 0 Å². The standard InChI is InChI=1S/C15H10Cl6/c16-14(17,18)12-5-1-10(2-6-12)9-11-3-7-13(8-4-11)15(19,20)21/h1-8H,9H2. The maximum absolute atomic E-state index is 5.82. The maximum atomic E-state index is 5.82. The molecular formula is C15H10Cl6. The quantitative estimate of drug-likeness (QED) is 0.477. The smallest absolute Gasteiger partial charge is 0.0784 e. The van der Waals surface area contributed by atoms with Crippen LogP contribution in [-0.2, 0) is 14.0 Å². The molecule has 0 nitrogen and oxygen atoms in total. The molecule has 2 aromatic rings. The number of hydrogen-bond acceptors (Lipinski definition) is 0. The summed E-state index contributed by atoms with van der Waals surface area (Å²) in [6.07, 6.45) is 0.750. The minimum atomic E-state index is -1.40. The highest BCUT2D eigenvalue weighted by molar-refractivity contribution is 6.67. The number of hydrogen-bond donors (Lipinski definition) is 0. The molecule has 0 aliphatic rings. The average molecular weight is 403 g/mol. The summed E-state index contributed by atoms with van der Waals surface area (Å²) in [4.78, 5) is 0. The predicted octanol–water partition coefficient (Wildman–Crippen LogP) is 6.93. The van der Waals surface area contributed by atoms with Crippen molar-refractivity contribution >= 4 is 69.6 Å². The first-order valence-corrected chi connectivity index (χ1v) is 8.25. The molecule has 0 bridgehead atoms.